The van der Waals surface area contributed by atoms with Crippen LogP contribution in [0.15, 0.2) is 4.90 Å². The number of carbonyl (C=O) groups excluding carboxylic acids is 1. The van der Waals surface area contributed by atoms with Crippen LogP contribution in [0.5, 0.6) is 0 Å². The number of rotatable bonds is 8. The number of thioether (sulfide) groups is 1. The Hall–Kier alpha value is -0.920. The fourth-order valence-electron chi connectivity index (χ4n) is 1.80. The first-order valence-electron chi connectivity index (χ1n) is 7.02. The maximum Gasteiger partial charge on any atom is 0.263 e. The zero-order valence-electron chi connectivity index (χ0n) is 13.5. The molecular weight excluding hydrogens is 304 g/mol. The van der Waals surface area contributed by atoms with E-state index < -0.39 is 0 Å². The van der Waals surface area contributed by atoms with E-state index >= 15 is 0 Å². The van der Waals surface area contributed by atoms with Crippen molar-refractivity contribution in [3.05, 3.63) is 4.88 Å². The molecule has 0 bridgehead atoms. The summed E-state index contributed by atoms with van der Waals surface area (Å²) in [7, 11) is 6.15. The van der Waals surface area contributed by atoms with Crippen molar-refractivity contribution >= 4 is 39.7 Å². The molecule has 1 aromatic heterocycles. The van der Waals surface area contributed by atoms with Crippen molar-refractivity contribution in [2.24, 2.45) is 0 Å². The highest BCUT2D eigenvalue weighted by atomic mass is 32.2. The van der Waals surface area contributed by atoms with Gasteiger partial charge < -0.3 is 20.9 Å². The van der Waals surface area contributed by atoms with Crippen LogP contribution in [0.25, 0.3) is 0 Å². The summed E-state index contributed by atoms with van der Waals surface area (Å²) in [6, 6.07) is 0. The molecule has 1 rings (SSSR count). The van der Waals surface area contributed by atoms with Gasteiger partial charge in [0.15, 0.2) is 0 Å². The summed E-state index contributed by atoms with van der Waals surface area (Å²) < 4.78 is 0. The van der Waals surface area contributed by atoms with Crippen molar-refractivity contribution in [2.45, 2.75) is 18.2 Å². The van der Waals surface area contributed by atoms with Gasteiger partial charge in [0.25, 0.3) is 5.91 Å². The minimum Gasteiger partial charge on any atom is -0.396 e. The van der Waals surface area contributed by atoms with E-state index in [0.29, 0.717) is 17.1 Å². The van der Waals surface area contributed by atoms with Crippen molar-refractivity contribution in [3.63, 3.8) is 0 Å². The Balaban J connectivity index is 2.96. The van der Waals surface area contributed by atoms with E-state index in [4.69, 9.17) is 5.73 Å². The maximum absolute atomic E-state index is 12.2. The van der Waals surface area contributed by atoms with Crippen LogP contribution < -0.4 is 16.0 Å². The zero-order valence-corrected chi connectivity index (χ0v) is 15.2. The summed E-state index contributed by atoms with van der Waals surface area (Å²) in [5.41, 5.74) is 6.78. The van der Waals surface area contributed by atoms with Gasteiger partial charge in [0.1, 0.15) is 9.88 Å². The molecule has 5 nitrogen and oxygen atoms in total. The molecule has 0 saturated heterocycles. The third kappa shape index (κ3) is 4.79. The zero-order chi connectivity index (χ0) is 16.0. The van der Waals surface area contributed by atoms with Gasteiger partial charge in [0.05, 0.1) is 10.6 Å². The van der Waals surface area contributed by atoms with Gasteiger partial charge in [-0.3, -0.25) is 4.79 Å². The maximum atomic E-state index is 12.2. The van der Waals surface area contributed by atoms with Crippen LogP contribution >= 0.6 is 23.1 Å². The molecule has 1 amide bonds. The molecule has 0 spiro atoms. The molecule has 7 heteroatoms. The molecule has 1 heterocycles. The number of hydrogen-bond acceptors (Lipinski definition) is 6. The van der Waals surface area contributed by atoms with E-state index in [-0.39, 0.29) is 5.91 Å². The Morgan fingerprint density at radius 1 is 1.33 bits per heavy atom. The standard InChI is InChI=1S/C14H26N4OS2/c1-6-7-16-13(19)11-10(15)12(20-5)14(21-11)18(4)9-8-17(2)3/h6-9,15H2,1-5H3,(H,16,19). The molecule has 0 atom stereocenters. The van der Waals surface area contributed by atoms with Crippen LogP contribution in [0.3, 0.4) is 0 Å². The number of nitrogens with one attached hydrogen (secondary N) is 1. The normalized spacial score (nSPS) is 11.0. The van der Waals surface area contributed by atoms with Crippen LogP contribution in [0.4, 0.5) is 10.7 Å². The molecule has 0 aliphatic heterocycles. The van der Waals surface area contributed by atoms with Crippen molar-refractivity contribution in [1.29, 1.82) is 0 Å². The molecule has 3 N–H and O–H groups in total. The van der Waals surface area contributed by atoms with E-state index in [9.17, 15) is 4.79 Å². The fourth-order valence-corrected chi connectivity index (χ4v) is 3.92. The summed E-state index contributed by atoms with van der Waals surface area (Å²) in [5.74, 6) is -0.0677. The Labute approximate surface area is 135 Å². The van der Waals surface area contributed by atoms with Gasteiger partial charge in [-0.2, -0.15) is 0 Å². The van der Waals surface area contributed by atoms with Gasteiger partial charge in [-0.25, -0.2) is 0 Å². The van der Waals surface area contributed by atoms with Gasteiger partial charge in [-0.05, 0) is 26.8 Å². The van der Waals surface area contributed by atoms with Gasteiger partial charge in [0, 0.05) is 26.7 Å². The van der Waals surface area contributed by atoms with Gasteiger partial charge in [-0.15, -0.1) is 23.1 Å². The summed E-state index contributed by atoms with van der Waals surface area (Å²) in [6.07, 6.45) is 2.91. The SMILES string of the molecule is CCCNC(=O)c1sc(N(C)CCN(C)C)c(SC)c1N. The molecule has 21 heavy (non-hydrogen) atoms. The lowest BCUT2D eigenvalue weighted by Crippen LogP contribution is -2.28. The van der Waals surface area contributed by atoms with Crippen LogP contribution in [0, 0.1) is 0 Å². The topological polar surface area (TPSA) is 61.6 Å². The summed E-state index contributed by atoms with van der Waals surface area (Å²) in [5, 5.41) is 3.97. The van der Waals surface area contributed by atoms with E-state index in [0.717, 1.165) is 29.4 Å². The van der Waals surface area contributed by atoms with Crippen molar-refractivity contribution in [3.8, 4) is 0 Å². The van der Waals surface area contributed by atoms with E-state index in [1.54, 1.807) is 11.8 Å². The first kappa shape index (κ1) is 18.1. The lowest BCUT2D eigenvalue weighted by Gasteiger charge is -2.21. The number of anilines is 2. The fraction of sp³-hybridized carbons (Fsp3) is 0.643. The number of thiophene rings is 1. The molecule has 0 fully saturated rings. The van der Waals surface area contributed by atoms with Gasteiger partial charge in [0.2, 0.25) is 0 Å². The molecule has 0 aromatic carbocycles. The highest BCUT2D eigenvalue weighted by Gasteiger charge is 2.22. The second-order valence-electron chi connectivity index (χ2n) is 5.16. The molecule has 0 aliphatic carbocycles. The van der Waals surface area contributed by atoms with Crippen LogP contribution in [-0.2, 0) is 0 Å². The van der Waals surface area contributed by atoms with Crippen LogP contribution in [0.1, 0.15) is 23.0 Å². The van der Waals surface area contributed by atoms with Crippen LogP contribution in [-0.4, -0.2) is 57.8 Å². The average molecular weight is 331 g/mol. The Kier molecular flexibility index (Phi) is 7.34. The number of hydrogen-bond donors (Lipinski definition) is 2. The Morgan fingerprint density at radius 2 is 2.00 bits per heavy atom. The predicted molar refractivity (Wildman–Crippen MR) is 95.0 cm³/mol. The van der Waals surface area contributed by atoms with Crippen molar-refractivity contribution in [2.75, 3.05) is 57.7 Å². The lowest BCUT2D eigenvalue weighted by molar-refractivity contribution is 0.0958. The quantitative estimate of drug-likeness (QED) is 0.716. The largest absolute Gasteiger partial charge is 0.396 e. The van der Waals surface area contributed by atoms with Crippen molar-refractivity contribution < 1.29 is 4.79 Å². The predicted octanol–water partition coefficient (Wildman–Crippen LogP) is 2.19. The molecule has 0 saturated carbocycles. The van der Waals surface area contributed by atoms with E-state index in [2.05, 4.69) is 29.2 Å². The number of amides is 1. The van der Waals surface area contributed by atoms with Crippen molar-refractivity contribution in [1.82, 2.24) is 10.2 Å². The summed E-state index contributed by atoms with van der Waals surface area (Å²) in [6.45, 7) is 4.57. The number of nitrogens with zero attached hydrogens (tertiary/aromatic N) is 2. The average Bonchev–Trinajstić information content (AvgIpc) is 2.79. The lowest BCUT2D eigenvalue weighted by atomic mass is 10.3. The second kappa shape index (κ2) is 8.51. The second-order valence-corrected chi connectivity index (χ2v) is 6.98. The number of carbonyl (C=O) groups is 1. The first-order valence-corrected chi connectivity index (χ1v) is 9.06. The third-order valence-electron chi connectivity index (χ3n) is 3.06. The van der Waals surface area contributed by atoms with Crippen LogP contribution in [0.2, 0.25) is 0 Å². The number of likely N-dealkylation sites (N-methyl/N-ethyl adjacent to an activating group) is 2. The van der Waals surface area contributed by atoms with Gasteiger partial charge >= 0.3 is 0 Å². The smallest absolute Gasteiger partial charge is 0.263 e. The van der Waals surface area contributed by atoms with E-state index in [1.807, 2.05) is 20.2 Å². The minimum absolute atomic E-state index is 0.0677. The first-order chi connectivity index (χ1) is 9.92. The molecular formula is C14H26N4OS2. The monoisotopic (exact) mass is 330 g/mol. The molecule has 1 aromatic rings. The number of nitrogen functional groups attached to an aromatic ring is 1. The number of nitrogens with two attached hydrogens (primary N) is 1. The molecule has 0 unspecified atom stereocenters. The Bertz CT molecular complexity index is 474. The summed E-state index contributed by atoms with van der Waals surface area (Å²) >= 11 is 3.08. The summed E-state index contributed by atoms with van der Waals surface area (Å²) in [4.78, 5) is 18.1. The highest BCUT2D eigenvalue weighted by molar-refractivity contribution is 7.99. The molecule has 0 aliphatic rings. The van der Waals surface area contributed by atoms with Gasteiger partial charge in [-0.1, -0.05) is 6.92 Å². The highest BCUT2D eigenvalue weighted by Crippen LogP contribution is 2.43. The van der Waals surface area contributed by atoms with E-state index in [1.165, 1.54) is 11.3 Å². The third-order valence-corrected chi connectivity index (χ3v) is 5.33. The Morgan fingerprint density at radius 3 is 2.52 bits per heavy atom. The molecule has 0 radical (unpaired) electrons. The molecule has 120 valence electrons. The minimum atomic E-state index is -0.0677.